The molecule has 0 aliphatic heterocycles. The zero-order chi connectivity index (χ0) is 15.8. The van der Waals surface area contributed by atoms with Crippen molar-refractivity contribution in [3.63, 3.8) is 0 Å². The summed E-state index contributed by atoms with van der Waals surface area (Å²) in [4.78, 5) is 10.8. The van der Waals surface area contributed by atoms with Crippen molar-refractivity contribution in [2.75, 3.05) is 10.5 Å². The van der Waals surface area contributed by atoms with Gasteiger partial charge in [0.2, 0.25) is 0 Å². The highest BCUT2D eigenvalue weighted by Crippen LogP contribution is 2.22. The van der Waals surface area contributed by atoms with Gasteiger partial charge in [0, 0.05) is 18.8 Å². The highest BCUT2D eigenvalue weighted by molar-refractivity contribution is 7.92. The number of nitrogens with one attached hydrogen (secondary N) is 1. The van der Waals surface area contributed by atoms with Crippen molar-refractivity contribution in [1.82, 2.24) is 9.78 Å². The third-order valence-corrected chi connectivity index (χ3v) is 4.18. The molecular formula is C12H14N4O4S. The van der Waals surface area contributed by atoms with E-state index in [1.807, 2.05) is 0 Å². The second-order valence-corrected chi connectivity index (χ2v) is 6.11. The summed E-state index contributed by atoms with van der Waals surface area (Å²) in [6, 6.07) is 5.13. The molecule has 0 saturated carbocycles. The van der Waals surface area contributed by atoms with Gasteiger partial charge in [-0.1, -0.05) is 0 Å². The van der Waals surface area contributed by atoms with E-state index in [2.05, 4.69) is 9.82 Å². The lowest BCUT2D eigenvalue weighted by Gasteiger charge is -2.10. The number of carboxylic acid groups (broad SMARTS) is 1. The Kier molecular flexibility index (Phi) is 3.60. The van der Waals surface area contributed by atoms with Gasteiger partial charge in [0.05, 0.1) is 11.3 Å². The van der Waals surface area contributed by atoms with Crippen molar-refractivity contribution in [3.8, 4) is 0 Å². The summed E-state index contributed by atoms with van der Waals surface area (Å²) in [6.45, 7) is 1.71. The average Bonchev–Trinajstić information content (AvgIpc) is 2.66. The largest absolute Gasteiger partial charge is 0.478 e. The number of aromatic nitrogens is 2. The molecule has 0 radical (unpaired) electrons. The van der Waals surface area contributed by atoms with Crippen LogP contribution in [0.3, 0.4) is 0 Å². The van der Waals surface area contributed by atoms with Crippen molar-refractivity contribution >= 4 is 27.5 Å². The predicted molar refractivity (Wildman–Crippen MR) is 76.6 cm³/mol. The number of hydrogen-bond acceptors (Lipinski definition) is 5. The third-order valence-electron chi connectivity index (χ3n) is 2.76. The summed E-state index contributed by atoms with van der Waals surface area (Å²) >= 11 is 0. The predicted octanol–water partition coefficient (Wildman–Crippen LogP) is 0.810. The number of aromatic carboxylic acids is 1. The smallest absolute Gasteiger partial charge is 0.337 e. The first-order valence-electron chi connectivity index (χ1n) is 5.87. The van der Waals surface area contributed by atoms with Crippen LogP contribution >= 0.6 is 0 Å². The summed E-state index contributed by atoms with van der Waals surface area (Å²) in [5.74, 6) is -1.13. The van der Waals surface area contributed by atoms with Gasteiger partial charge in [0.1, 0.15) is 10.7 Å². The lowest BCUT2D eigenvalue weighted by Crippen LogP contribution is -2.18. The number of nitrogen functional groups attached to an aromatic ring is 1. The van der Waals surface area contributed by atoms with Gasteiger partial charge in [-0.2, -0.15) is 5.10 Å². The maximum atomic E-state index is 12.3. The fourth-order valence-electron chi connectivity index (χ4n) is 1.85. The maximum absolute atomic E-state index is 12.3. The van der Waals surface area contributed by atoms with Crippen LogP contribution in [0.4, 0.5) is 11.5 Å². The Labute approximate surface area is 121 Å². The molecule has 0 atom stereocenters. The van der Waals surface area contributed by atoms with Crippen molar-refractivity contribution in [1.29, 1.82) is 0 Å². The summed E-state index contributed by atoms with van der Waals surface area (Å²) in [7, 11) is -2.49. The van der Waals surface area contributed by atoms with Gasteiger partial charge in [-0.3, -0.25) is 9.40 Å². The zero-order valence-corrected chi connectivity index (χ0v) is 12.2. The fraction of sp³-hybridized carbons (Fsp3) is 0.167. The number of nitrogens with two attached hydrogens (primary N) is 1. The van der Waals surface area contributed by atoms with Crippen LogP contribution in [0, 0.1) is 6.92 Å². The van der Waals surface area contributed by atoms with E-state index in [-0.39, 0.29) is 22.0 Å². The second kappa shape index (κ2) is 5.09. The normalized spacial score (nSPS) is 11.3. The molecule has 21 heavy (non-hydrogen) atoms. The van der Waals surface area contributed by atoms with Crippen molar-refractivity contribution in [2.24, 2.45) is 7.05 Å². The number of sulfonamides is 1. The van der Waals surface area contributed by atoms with Crippen LogP contribution in [-0.2, 0) is 17.1 Å². The standard InChI is InChI=1S/C12H14N4O4S/c1-7-5-11(16(2)14-7)15-21(19,20)10-4-3-8(13)6-9(10)12(17)18/h3-6,15H,13H2,1-2H3,(H,17,18). The SMILES string of the molecule is Cc1cc(NS(=O)(=O)c2ccc(N)cc2C(=O)O)n(C)n1. The first-order valence-corrected chi connectivity index (χ1v) is 7.35. The molecule has 9 heteroatoms. The molecular weight excluding hydrogens is 296 g/mol. The molecule has 2 aromatic rings. The molecule has 8 nitrogen and oxygen atoms in total. The van der Waals surface area contributed by atoms with Gasteiger partial charge >= 0.3 is 5.97 Å². The van der Waals surface area contributed by atoms with Gasteiger partial charge in [-0.25, -0.2) is 13.2 Å². The fourth-order valence-corrected chi connectivity index (χ4v) is 3.11. The molecule has 112 valence electrons. The summed E-state index contributed by atoms with van der Waals surface area (Å²) in [6.07, 6.45) is 0. The monoisotopic (exact) mass is 310 g/mol. The Balaban J connectivity index is 2.50. The van der Waals surface area contributed by atoms with E-state index in [4.69, 9.17) is 10.8 Å². The quantitative estimate of drug-likeness (QED) is 0.717. The average molecular weight is 310 g/mol. The van der Waals surface area contributed by atoms with Gasteiger partial charge in [0.15, 0.2) is 0 Å². The molecule has 1 aromatic carbocycles. The zero-order valence-electron chi connectivity index (χ0n) is 11.4. The number of rotatable bonds is 4. The molecule has 0 saturated heterocycles. The molecule has 0 unspecified atom stereocenters. The summed E-state index contributed by atoms with van der Waals surface area (Å²) in [5, 5.41) is 13.1. The van der Waals surface area contributed by atoms with Crippen molar-refractivity contribution < 1.29 is 18.3 Å². The van der Waals surface area contributed by atoms with E-state index in [1.54, 1.807) is 14.0 Å². The Morgan fingerprint density at radius 1 is 1.38 bits per heavy atom. The molecule has 4 N–H and O–H groups in total. The second-order valence-electron chi connectivity index (χ2n) is 4.46. The van der Waals surface area contributed by atoms with Crippen LogP contribution in [0.15, 0.2) is 29.2 Å². The molecule has 1 heterocycles. The van der Waals surface area contributed by atoms with E-state index < -0.39 is 16.0 Å². The molecule has 0 aliphatic rings. The van der Waals surface area contributed by atoms with Crippen LogP contribution in [0.1, 0.15) is 16.1 Å². The van der Waals surface area contributed by atoms with Crippen LogP contribution in [0.2, 0.25) is 0 Å². The Morgan fingerprint density at radius 3 is 2.57 bits per heavy atom. The third kappa shape index (κ3) is 2.97. The molecule has 0 bridgehead atoms. The first kappa shape index (κ1) is 14.9. The van der Waals surface area contributed by atoms with E-state index in [9.17, 15) is 13.2 Å². The first-order chi connectivity index (χ1) is 9.70. The van der Waals surface area contributed by atoms with Gasteiger partial charge < -0.3 is 10.8 Å². The Morgan fingerprint density at radius 2 is 2.05 bits per heavy atom. The van der Waals surface area contributed by atoms with Crippen LogP contribution < -0.4 is 10.5 Å². The van der Waals surface area contributed by atoms with E-state index in [1.165, 1.54) is 16.8 Å². The highest BCUT2D eigenvalue weighted by Gasteiger charge is 2.23. The molecule has 0 fully saturated rings. The summed E-state index contributed by atoms with van der Waals surface area (Å²) < 4.78 is 28.3. The van der Waals surface area contributed by atoms with E-state index in [0.29, 0.717) is 5.69 Å². The molecule has 0 aliphatic carbocycles. The van der Waals surface area contributed by atoms with Crippen LogP contribution in [-0.4, -0.2) is 29.3 Å². The van der Waals surface area contributed by atoms with Crippen LogP contribution in [0.25, 0.3) is 0 Å². The van der Waals surface area contributed by atoms with E-state index >= 15 is 0 Å². The lowest BCUT2D eigenvalue weighted by molar-refractivity contribution is 0.0692. The van der Waals surface area contributed by atoms with Gasteiger partial charge in [-0.05, 0) is 25.1 Å². The number of anilines is 2. The topological polar surface area (TPSA) is 127 Å². The maximum Gasteiger partial charge on any atom is 0.337 e. The van der Waals surface area contributed by atoms with Gasteiger partial charge in [0.25, 0.3) is 10.0 Å². The summed E-state index contributed by atoms with van der Waals surface area (Å²) in [5.41, 5.74) is 5.91. The highest BCUT2D eigenvalue weighted by atomic mass is 32.2. The minimum atomic E-state index is -4.06. The van der Waals surface area contributed by atoms with Crippen LogP contribution in [0.5, 0.6) is 0 Å². The Hall–Kier alpha value is -2.55. The minimum absolute atomic E-state index is 0.169. The van der Waals surface area contributed by atoms with Gasteiger partial charge in [-0.15, -0.1) is 0 Å². The molecule has 0 amide bonds. The number of carboxylic acids is 1. The number of hydrogen-bond donors (Lipinski definition) is 3. The lowest BCUT2D eigenvalue weighted by atomic mass is 10.2. The van der Waals surface area contributed by atoms with Crippen molar-refractivity contribution in [3.05, 3.63) is 35.5 Å². The van der Waals surface area contributed by atoms with E-state index in [0.717, 1.165) is 12.1 Å². The number of aryl methyl sites for hydroxylation is 2. The number of benzene rings is 1. The Bertz CT molecular complexity index is 811. The minimum Gasteiger partial charge on any atom is -0.478 e. The molecule has 1 aromatic heterocycles. The van der Waals surface area contributed by atoms with Crippen molar-refractivity contribution in [2.45, 2.75) is 11.8 Å². The number of nitrogens with zero attached hydrogens (tertiary/aromatic N) is 2. The number of carbonyl (C=O) groups is 1. The molecule has 2 rings (SSSR count). The molecule has 0 spiro atoms.